The highest BCUT2D eigenvalue weighted by Crippen LogP contribution is 2.46. The molecule has 6 nitrogen and oxygen atoms in total. The van der Waals surface area contributed by atoms with Gasteiger partial charge in [-0.25, -0.2) is 4.79 Å². The molecule has 1 amide bonds. The van der Waals surface area contributed by atoms with Crippen LogP contribution in [0.25, 0.3) is 0 Å². The van der Waals surface area contributed by atoms with Crippen LogP contribution in [0.3, 0.4) is 0 Å². The molecule has 1 fully saturated rings. The summed E-state index contributed by atoms with van der Waals surface area (Å²) < 4.78 is 10.3. The normalized spacial score (nSPS) is 17.5. The highest BCUT2D eigenvalue weighted by Gasteiger charge is 2.50. The summed E-state index contributed by atoms with van der Waals surface area (Å²) in [5.74, 6) is -1.37. The van der Waals surface area contributed by atoms with E-state index < -0.39 is 17.4 Å². The largest absolute Gasteiger partial charge is 0.480 e. The molecule has 1 unspecified atom stereocenters. The molecule has 0 aromatic rings. The summed E-state index contributed by atoms with van der Waals surface area (Å²) in [6.45, 7) is 6.39. The van der Waals surface area contributed by atoms with E-state index >= 15 is 0 Å². The van der Waals surface area contributed by atoms with Crippen molar-refractivity contribution in [3.8, 4) is 0 Å². The Morgan fingerprint density at radius 3 is 2.63 bits per heavy atom. The first-order valence-corrected chi connectivity index (χ1v) is 6.36. The molecular weight excluding hydrogens is 250 g/mol. The molecule has 19 heavy (non-hydrogen) atoms. The van der Waals surface area contributed by atoms with Crippen LogP contribution < -0.4 is 5.32 Å². The zero-order valence-corrected chi connectivity index (χ0v) is 11.2. The van der Waals surface area contributed by atoms with Gasteiger partial charge in [-0.2, -0.15) is 0 Å². The maximum atomic E-state index is 12.1. The molecule has 1 aliphatic rings. The number of carbonyl (C=O) groups is 2. The third kappa shape index (κ3) is 4.65. The zero-order chi connectivity index (χ0) is 14.3. The van der Waals surface area contributed by atoms with Gasteiger partial charge in [-0.1, -0.05) is 6.08 Å². The van der Waals surface area contributed by atoms with Gasteiger partial charge in [0, 0.05) is 6.61 Å². The van der Waals surface area contributed by atoms with Crippen molar-refractivity contribution in [2.24, 2.45) is 5.41 Å². The topological polar surface area (TPSA) is 84.9 Å². The standard InChI is InChI=1S/C13H21NO5/c1-3-7-19-8-10(11(15)16)14-12(17)13(5-6-13)9-18-4-2/h3,10H,1,4-9H2,2H3,(H,14,17)(H,15,16). The van der Waals surface area contributed by atoms with Gasteiger partial charge in [-0.05, 0) is 19.8 Å². The van der Waals surface area contributed by atoms with Gasteiger partial charge < -0.3 is 19.9 Å². The van der Waals surface area contributed by atoms with Crippen LogP contribution in [-0.4, -0.2) is 49.5 Å². The van der Waals surface area contributed by atoms with Gasteiger partial charge >= 0.3 is 5.97 Å². The van der Waals surface area contributed by atoms with Crippen LogP contribution in [0.15, 0.2) is 12.7 Å². The summed E-state index contributed by atoms with van der Waals surface area (Å²) in [7, 11) is 0. The van der Waals surface area contributed by atoms with Crippen molar-refractivity contribution < 1.29 is 24.2 Å². The SMILES string of the molecule is C=CCOCC(NC(=O)C1(COCC)CC1)C(=O)O. The summed E-state index contributed by atoms with van der Waals surface area (Å²) in [5.41, 5.74) is -0.540. The van der Waals surface area contributed by atoms with Gasteiger partial charge in [0.15, 0.2) is 6.04 Å². The Hall–Kier alpha value is -1.40. The van der Waals surface area contributed by atoms with Gasteiger partial charge in [0.2, 0.25) is 5.91 Å². The molecule has 6 heteroatoms. The van der Waals surface area contributed by atoms with Gasteiger partial charge in [0.05, 0.1) is 25.2 Å². The number of rotatable bonds is 10. The third-order valence-corrected chi connectivity index (χ3v) is 3.04. The first kappa shape index (κ1) is 15.7. The fraction of sp³-hybridized carbons (Fsp3) is 0.692. The van der Waals surface area contributed by atoms with E-state index in [-0.39, 0.29) is 19.1 Å². The molecule has 0 aliphatic heterocycles. The molecule has 0 saturated heterocycles. The van der Waals surface area contributed by atoms with E-state index in [1.807, 2.05) is 6.92 Å². The minimum Gasteiger partial charge on any atom is -0.480 e. The lowest BCUT2D eigenvalue weighted by molar-refractivity contribution is -0.145. The maximum absolute atomic E-state index is 12.1. The number of amides is 1. The van der Waals surface area contributed by atoms with E-state index in [1.165, 1.54) is 6.08 Å². The molecule has 1 rings (SSSR count). The second-order valence-electron chi connectivity index (χ2n) is 4.61. The van der Waals surface area contributed by atoms with Crippen LogP contribution in [0.2, 0.25) is 0 Å². The van der Waals surface area contributed by atoms with Gasteiger partial charge in [0.1, 0.15) is 0 Å². The van der Waals surface area contributed by atoms with E-state index in [2.05, 4.69) is 11.9 Å². The van der Waals surface area contributed by atoms with Crippen LogP contribution >= 0.6 is 0 Å². The maximum Gasteiger partial charge on any atom is 0.328 e. The second kappa shape index (κ2) is 7.25. The Labute approximate surface area is 112 Å². The van der Waals surface area contributed by atoms with E-state index in [9.17, 15) is 9.59 Å². The molecule has 0 aromatic carbocycles. The molecule has 1 saturated carbocycles. The van der Waals surface area contributed by atoms with Crippen LogP contribution in [0.1, 0.15) is 19.8 Å². The van der Waals surface area contributed by atoms with Gasteiger partial charge in [-0.3, -0.25) is 4.79 Å². The summed E-state index contributed by atoms with van der Waals surface area (Å²) in [5, 5.41) is 11.5. The Kier molecular flexibility index (Phi) is 5.98. The average molecular weight is 271 g/mol. The fourth-order valence-electron chi connectivity index (χ4n) is 1.64. The summed E-state index contributed by atoms with van der Waals surface area (Å²) in [6, 6.07) is -1.04. The minimum absolute atomic E-state index is 0.0716. The number of carboxylic acid groups (broad SMARTS) is 1. The number of ether oxygens (including phenoxy) is 2. The van der Waals surface area contributed by atoms with Crippen molar-refractivity contribution in [1.82, 2.24) is 5.32 Å². The van der Waals surface area contributed by atoms with Crippen molar-refractivity contribution >= 4 is 11.9 Å². The summed E-state index contributed by atoms with van der Waals surface area (Å²) in [6.07, 6.45) is 3.00. The van der Waals surface area contributed by atoms with Gasteiger partial charge in [-0.15, -0.1) is 6.58 Å². The van der Waals surface area contributed by atoms with Crippen molar-refractivity contribution in [3.63, 3.8) is 0 Å². The van der Waals surface area contributed by atoms with E-state index in [4.69, 9.17) is 14.6 Å². The van der Waals surface area contributed by atoms with Gasteiger partial charge in [0.25, 0.3) is 0 Å². The van der Waals surface area contributed by atoms with Crippen LogP contribution in [0, 0.1) is 5.41 Å². The lowest BCUT2D eigenvalue weighted by Gasteiger charge is -2.19. The number of nitrogens with one attached hydrogen (secondary N) is 1. The van der Waals surface area contributed by atoms with Crippen LogP contribution in [-0.2, 0) is 19.1 Å². The molecular formula is C13H21NO5. The molecule has 0 aromatic heterocycles. The predicted octanol–water partition coefficient (Wildman–Crippen LogP) is 0.575. The Bertz CT molecular complexity index is 338. The van der Waals surface area contributed by atoms with E-state index in [1.54, 1.807) is 0 Å². The van der Waals surface area contributed by atoms with Crippen molar-refractivity contribution in [2.45, 2.75) is 25.8 Å². The number of carbonyl (C=O) groups excluding carboxylic acids is 1. The molecule has 2 N–H and O–H groups in total. The van der Waals surface area contributed by atoms with Crippen molar-refractivity contribution in [3.05, 3.63) is 12.7 Å². The average Bonchev–Trinajstić information content (AvgIpc) is 3.16. The fourth-order valence-corrected chi connectivity index (χ4v) is 1.64. The monoisotopic (exact) mass is 271 g/mol. The Morgan fingerprint density at radius 1 is 1.47 bits per heavy atom. The van der Waals surface area contributed by atoms with Crippen LogP contribution in [0.5, 0.6) is 0 Å². The number of hydrogen-bond donors (Lipinski definition) is 2. The Morgan fingerprint density at radius 2 is 2.16 bits per heavy atom. The minimum atomic E-state index is -1.11. The van der Waals surface area contributed by atoms with Crippen LogP contribution in [0.4, 0.5) is 0 Å². The van der Waals surface area contributed by atoms with Crippen molar-refractivity contribution in [2.75, 3.05) is 26.4 Å². The highest BCUT2D eigenvalue weighted by molar-refractivity contribution is 5.89. The molecule has 0 radical (unpaired) electrons. The molecule has 1 aliphatic carbocycles. The molecule has 0 bridgehead atoms. The first-order chi connectivity index (χ1) is 9.05. The lowest BCUT2D eigenvalue weighted by atomic mass is 10.1. The molecule has 108 valence electrons. The third-order valence-electron chi connectivity index (χ3n) is 3.04. The number of carboxylic acids is 1. The zero-order valence-electron chi connectivity index (χ0n) is 11.2. The smallest absolute Gasteiger partial charge is 0.328 e. The molecule has 1 atom stereocenters. The second-order valence-corrected chi connectivity index (χ2v) is 4.61. The Balaban J connectivity index is 2.47. The molecule has 0 spiro atoms. The lowest BCUT2D eigenvalue weighted by Crippen LogP contribution is -2.48. The van der Waals surface area contributed by atoms with E-state index in [0.717, 1.165) is 12.8 Å². The number of aliphatic carboxylic acids is 1. The highest BCUT2D eigenvalue weighted by atomic mass is 16.5. The predicted molar refractivity (Wildman–Crippen MR) is 68.7 cm³/mol. The summed E-state index contributed by atoms with van der Waals surface area (Å²) >= 11 is 0. The quantitative estimate of drug-likeness (QED) is 0.448. The summed E-state index contributed by atoms with van der Waals surface area (Å²) in [4.78, 5) is 23.1. The van der Waals surface area contributed by atoms with E-state index in [0.29, 0.717) is 13.2 Å². The number of hydrogen-bond acceptors (Lipinski definition) is 4. The van der Waals surface area contributed by atoms with Crippen molar-refractivity contribution in [1.29, 1.82) is 0 Å². The first-order valence-electron chi connectivity index (χ1n) is 6.36. The molecule has 0 heterocycles.